The molecule has 0 radical (unpaired) electrons. The van der Waals surface area contributed by atoms with Crippen LogP contribution in [-0.4, -0.2) is 268 Å². The average Bonchev–Trinajstić information content (AvgIpc) is 0.880. The molecule has 26 rings (SSSR count). The van der Waals surface area contributed by atoms with E-state index in [2.05, 4.69) is 169 Å². The van der Waals surface area contributed by atoms with Crippen molar-refractivity contribution in [3.63, 3.8) is 0 Å². The third kappa shape index (κ3) is 19.5. The number of amides is 6. The number of carbonyl (C=O) groups excluding carboxylic acids is 6. The summed E-state index contributed by atoms with van der Waals surface area (Å²) in [6.45, 7) is 27.0. The Morgan fingerprint density at radius 2 is 0.720 bits per heavy atom. The van der Waals surface area contributed by atoms with E-state index in [0.717, 1.165) is 221 Å². The van der Waals surface area contributed by atoms with Crippen LogP contribution in [0.25, 0.3) is 33.9 Å². The molecule has 3 aliphatic carbocycles. The van der Waals surface area contributed by atoms with Crippen molar-refractivity contribution in [3.8, 4) is 40.4 Å². The van der Waals surface area contributed by atoms with Crippen LogP contribution in [0.5, 0.6) is 17.6 Å². The summed E-state index contributed by atoms with van der Waals surface area (Å²) in [7, 11) is 1.93. The third-order valence-corrected chi connectivity index (χ3v) is 33.1. The van der Waals surface area contributed by atoms with Gasteiger partial charge in [0, 0.05) is 214 Å². The van der Waals surface area contributed by atoms with E-state index in [0.29, 0.717) is 140 Å². The van der Waals surface area contributed by atoms with Crippen LogP contribution in [0.4, 0.5) is 17.1 Å². The monoisotopic (exact) mass is 2010 g/mol. The van der Waals surface area contributed by atoms with Gasteiger partial charge in [0.05, 0.1) is 91.0 Å². The largest absolute Gasteiger partial charge is 0.475 e. The molecule has 6 saturated heterocycles. The Morgan fingerprint density at radius 1 is 0.367 bits per heavy atom. The Bertz CT molecular complexity index is 7250. The smallest absolute Gasteiger partial charge is 0.237 e. The lowest BCUT2D eigenvalue weighted by Crippen LogP contribution is -2.66. The summed E-state index contributed by atoms with van der Waals surface area (Å²) >= 11 is 0. The molecule has 768 valence electrons. The lowest BCUT2D eigenvalue weighted by atomic mass is 9.32. The fourth-order valence-corrected chi connectivity index (χ4v) is 25.0. The SMILES string of the molecule is CC(C)Oc1ccc(C2=NCc3ccc(N4CC[C@]5(CCN(CC(=O)N6CC=C(C78CC(c9ncn(C)n9)(C7)C8)CC6)C5)C4=O)cc32)cn1.CC(C)Oc1ccc(C2=NCc3ccc(N4CC[C@]5(CCN(CC(=O)N6CC=C(c7ccc(-c8ncccn8)cc7)CC6)C5)C4=O)cc32)cn1.Cc1cnc(-c2ccc(C3=CCN(C(=O)CN4CC[C@]5(CCN(c6ccc7c(c6)C(c6ccc(OC(C)C)nc6)=NC7)C5=O)C4)CC3)cc2)nc1. The summed E-state index contributed by atoms with van der Waals surface area (Å²) in [5.74, 6) is 5.15. The number of rotatable bonds is 24. The highest BCUT2D eigenvalue weighted by atomic mass is 16.5. The van der Waals surface area contributed by atoms with Crippen molar-refractivity contribution >= 4 is 80.8 Å². The van der Waals surface area contributed by atoms with Crippen LogP contribution in [0.1, 0.15) is 191 Å². The van der Waals surface area contributed by atoms with Crippen LogP contribution in [0.15, 0.2) is 234 Å². The van der Waals surface area contributed by atoms with Gasteiger partial charge in [0.15, 0.2) is 17.5 Å². The summed E-state index contributed by atoms with van der Waals surface area (Å²) in [6, 6.07) is 48.9. The standard InChI is InChI=1S/C41H43N7O3.C40H41N7O3.C38H44N8O3/c1-27(2)51-36-11-9-33(24-42-36)38-35-20-34(10-8-32(35)23-43-38)48-19-15-41(40(48)50)14-18-46(26-41)25-37(49)47-16-12-30(13-17-47)29-4-6-31(7-5-29)39-44-21-28(3)22-45-39;1-27(2)50-35-11-9-32(24-43-35)37-34-22-33(10-8-31(34)23-44-37)47-21-15-40(39(47)49)14-20-45(26-40)25-36(48)46-18-12-29(13-19-46)28-4-6-30(7-5-28)38-41-16-3-17-42-38;1-25(2)49-31-7-5-27(18-39-31)33-30-16-29(6-4-26(30)17-40-33)46-15-11-36(35(46)48)10-14-44(23-36)19-32(47)45-12-8-28(9-13-45)37-20-38(21-37,22-37)34-41-24-43(3)42-34/h4-12,20-22,24,27H,13-19,23,25-26H2,1-3H3;3-12,16-17,22,24,27H,13-15,18-21,23,25-26H2,1-2H3;4-8,16,18,24-25H,9-15,17,19-23H2,1-3H3/t41-;40-;36-,37?,38?/m000/s1. The Morgan fingerprint density at radius 3 is 1.05 bits per heavy atom. The molecule has 3 spiro atoms. The van der Waals surface area contributed by atoms with E-state index in [4.69, 9.17) is 29.2 Å². The lowest BCUT2D eigenvalue weighted by molar-refractivity contribution is -0.134. The molecule has 15 aliphatic rings. The molecule has 9 fully saturated rings. The average molecular weight is 2010 g/mol. The molecule has 6 aromatic heterocycles. The number of benzene rings is 5. The Labute approximate surface area is 874 Å². The normalized spacial score (nSPS) is 23.1. The van der Waals surface area contributed by atoms with Crippen LogP contribution >= 0.6 is 0 Å². The number of fused-ring (bicyclic) bond motifs is 3. The number of nitrogens with zero attached hydrogens (tertiary/aromatic N) is 22. The minimum absolute atomic E-state index is 0.0574. The number of anilines is 3. The molecule has 150 heavy (non-hydrogen) atoms. The van der Waals surface area contributed by atoms with Crippen LogP contribution in [0.3, 0.4) is 0 Å². The van der Waals surface area contributed by atoms with Gasteiger partial charge in [-0.05, 0) is 256 Å². The Hall–Kier alpha value is -14.8. The number of likely N-dealkylation sites (tertiary alicyclic amines) is 3. The number of pyridine rings is 3. The maximum absolute atomic E-state index is 14.1. The van der Waals surface area contributed by atoms with Crippen LogP contribution in [0.2, 0.25) is 0 Å². The molecule has 5 aromatic carbocycles. The molecule has 31 nitrogen and oxygen atoms in total. The number of aliphatic imine (C=N–C) groups is 3. The van der Waals surface area contributed by atoms with Crippen molar-refractivity contribution in [3.05, 3.63) is 292 Å². The molecule has 6 amide bonds. The van der Waals surface area contributed by atoms with Crippen molar-refractivity contribution in [1.82, 2.24) is 79.1 Å². The fourth-order valence-electron chi connectivity index (χ4n) is 25.0. The minimum atomic E-state index is -0.447. The molecule has 31 heteroatoms. The summed E-state index contributed by atoms with van der Waals surface area (Å²) in [5.41, 5.74) is 23.4. The van der Waals surface area contributed by atoms with E-state index in [9.17, 15) is 28.8 Å². The van der Waals surface area contributed by atoms with E-state index in [1.165, 1.54) is 22.3 Å². The molecule has 0 N–H and O–H groups in total. The van der Waals surface area contributed by atoms with Gasteiger partial charge in [-0.2, -0.15) is 5.10 Å². The maximum atomic E-state index is 14.1. The van der Waals surface area contributed by atoms with Crippen LogP contribution < -0.4 is 28.9 Å². The Kier molecular flexibility index (Phi) is 26.6. The van der Waals surface area contributed by atoms with Gasteiger partial charge in [0.1, 0.15) is 6.33 Å². The van der Waals surface area contributed by atoms with Gasteiger partial charge in [-0.25, -0.2) is 39.9 Å². The first-order valence-corrected chi connectivity index (χ1v) is 53.3. The van der Waals surface area contributed by atoms with E-state index >= 15 is 0 Å². The van der Waals surface area contributed by atoms with Gasteiger partial charge >= 0.3 is 0 Å². The second kappa shape index (κ2) is 40.6. The van der Waals surface area contributed by atoms with Gasteiger partial charge in [0.2, 0.25) is 53.1 Å². The zero-order chi connectivity index (χ0) is 103. The molecule has 12 aliphatic heterocycles. The maximum Gasteiger partial charge on any atom is 0.237 e. The molecular formula is C119H128N22O9. The number of aryl methyl sites for hydroxylation is 2. The number of aromatic nitrogens is 10. The first-order chi connectivity index (χ1) is 72.7. The van der Waals surface area contributed by atoms with Gasteiger partial charge in [0.25, 0.3) is 0 Å². The van der Waals surface area contributed by atoms with Crippen LogP contribution in [0, 0.1) is 28.6 Å². The highest BCUT2D eigenvalue weighted by Crippen LogP contribution is 2.76. The zero-order valence-electron chi connectivity index (χ0n) is 86.8. The van der Waals surface area contributed by atoms with Gasteiger partial charge in [-0.15, -0.1) is 0 Å². The van der Waals surface area contributed by atoms with Crippen molar-refractivity contribution in [1.29, 1.82) is 0 Å². The first kappa shape index (κ1) is 98.5. The molecule has 18 heterocycles. The molecule has 11 aromatic rings. The molecule has 0 unspecified atom stereocenters. The van der Waals surface area contributed by atoms with Gasteiger partial charge in [-0.3, -0.25) is 63.1 Å². The van der Waals surface area contributed by atoms with Gasteiger partial charge < -0.3 is 43.6 Å². The predicted molar refractivity (Wildman–Crippen MR) is 575 cm³/mol. The topological polar surface area (TPSA) is 317 Å². The number of carbonyl (C=O) groups is 6. The second-order valence-corrected chi connectivity index (χ2v) is 44.1. The summed E-state index contributed by atoms with van der Waals surface area (Å²) in [4.78, 5) is 151. The second-order valence-electron chi connectivity index (χ2n) is 44.1. The lowest BCUT2D eigenvalue weighted by Gasteiger charge is -2.71. The highest BCUT2D eigenvalue weighted by molar-refractivity contribution is 6.18. The molecule has 3 saturated carbocycles. The fraction of sp³-hybridized carbons (Fsp3) is 0.412. The Balaban J connectivity index is 0.000000123. The van der Waals surface area contributed by atoms with Crippen LogP contribution in [-0.2, 0) is 60.9 Å². The quantitative estimate of drug-likeness (QED) is 0.0507. The van der Waals surface area contributed by atoms with Crippen molar-refractivity contribution in [2.45, 2.75) is 169 Å². The number of hydrogen-bond donors (Lipinski definition) is 0. The van der Waals surface area contributed by atoms with E-state index in [-0.39, 0.29) is 59.2 Å². The third-order valence-electron chi connectivity index (χ3n) is 33.1. The first-order valence-electron chi connectivity index (χ1n) is 53.3. The molecule has 2 bridgehead atoms. The number of ether oxygens (including phenoxy) is 3. The summed E-state index contributed by atoms with van der Waals surface area (Å²) in [5, 5.41) is 4.58. The summed E-state index contributed by atoms with van der Waals surface area (Å²) < 4.78 is 18.9. The molecular weight excluding hydrogens is 1880 g/mol. The summed E-state index contributed by atoms with van der Waals surface area (Å²) in [6.07, 6.45) is 32.0. The van der Waals surface area contributed by atoms with E-state index in [1.54, 1.807) is 23.4 Å². The van der Waals surface area contributed by atoms with Crippen molar-refractivity contribution in [2.75, 3.05) is 133 Å². The number of hydrogen-bond acceptors (Lipinski definition) is 24. The van der Waals surface area contributed by atoms with Crippen molar-refractivity contribution < 1.29 is 43.0 Å². The van der Waals surface area contributed by atoms with E-state index in [1.807, 2.05) is 170 Å². The zero-order valence-corrected chi connectivity index (χ0v) is 86.8. The minimum Gasteiger partial charge on any atom is -0.475 e. The molecule has 3 atom stereocenters. The van der Waals surface area contributed by atoms with Crippen molar-refractivity contribution in [2.24, 2.45) is 43.7 Å². The predicted octanol–water partition coefficient (Wildman–Crippen LogP) is 15.2. The van der Waals surface area contributed by atoms with Gasteiger partial charge in [-0.1, -0.05) is 90.5 Å². The van der Waals surface area contributed by atoms with E-state index < -0.39 is 16.2 Å². The highest BCUT2D eigenvalue weighted by Gasteiger charge is 2.71.